The van der Waals surface area contributed by atoms with Crippen LogP contribution in [0.25, 0.3) is 5.57 Å². The van der Waals surface area contributed by atoms with Crippen molar-refractivity contribution in [2.24, 2.45) is 0 Å². The van der Waals surface area contributed by atoms with Crippen molar-refractivity contribution in [1.82, 2.24) is 4.90 Å². The number of nitro groups is 1. The molecular formula is C23H19N3O6. The lowest BCUT2D eigenvalue weighted by Gasteiger charge is -2.13. The molecule has 1 aromatic heterocycles. The Morgan fingerprint density at radius 1 is 1.03 bits per heavy atom. The predicted molar refractivity (Wildman–Crippen MR) is 116 cm³/mol. The molecule has 2 amide bonds. The van der Waals surface area contributed by atoms with E-state index in [0.717, 1.165) is 4.90 Å². The number of imide groups is 1. The van der Waals surface area contributed by atoms with Gasteiger partial charge in [-0.25, -0.2) is 0 Å². The first-order chi connectivity index (χ1) is 15.5. The average Bonchev–Trinajstić information content (AvgIpc) is 3.38. The van der Waals surface area contributed by atoms with Gasteiger partial charge < -0.3 is 14.5 Å². The molecule has 1 aliphatic heterocycles. The number of rotatable bonds is 8. The molecule has 0 fully saturated rings. The molecule has 0 bridgehead atoms. The molecule has 3 aromatic rings. The van der Waals surface area contributed by atoms with E-state index in [4.69, 9.17) is 9.15 Å². The number of benzene rings is 2. The lowest BCUT2D eigenvalue weighted by Crippen LogP contribution is -2.31. The highest BCUT2D eigenvalue weighted by Gasteiger charge is 2.39. The van der Waals surface area contributed by atoms with E-state index in [0.29, 0.717) is 29.4 Å². The lowest BCUT2D eigenvalue weighted by atomic mass is 10.0. The number of hydrogen-bond donors (Lipinski definition) is 1. The van der Waals surface area contributed by atoms with Crippen molar-refractivity contribution in [1.29, 1.82) is 0 Å². The molecule has 9 heteroatoms. The van der Waals surface area contributed by atoms with E-state index in [1.54, 1.807) is 36.4 Å². The molecule has 0 radical (unpaired) electrons. The number of amides is 2. The molecule has 1 N–H and O–H groups in total. The molecule has 0 atom stereocenters. The van der Waals surface area contributed by atoms with E-state index in [1.165, 1.54) is 30.5 Å². The van der Waals surface area contributed by atoms with Gasteiger partial charge in [0.2, 0.25) is 0 Å². The first-order valence-electron chi connectivity index (χ1n) is 9.85. The minimum absolute atomic E-state index is 0.0321. The maximum Gasteiger partial charge on any atom is 0.278 e. The summed E-state index contributed by atoms with van der Waals surface area (Å²) in [4.78, 5) is 37.9. The number of nitrogens with zero attached hydrogens (tertiary/aromatic N) is 2. The summed E-state index contributed by atoms with van der Waals surface area (Å²) >= 11 is 0. The zero-order chi connectivity index (χ0) is 22.7. The number of nitrogens with one attached hydrogen (secondary N) is 1. The number of carbonyl (C=O) groups excluding carboxylic acids is 2. The molecule has 0 aliphatic carbocycles. The van der Waals surface area contributed by atoms with Crippen molar-refractivity contribution in [3.05, 3.63) is 94.1 Å². The first kappa shape index (κ1) is 20.9. The molecular weight excluding hydrogens is 414 g/mol. The molecule has 4 rings (SSSR count). The van der Waals surface area contributed by atoms with Crippen LogP contribution in [-0.2, 0) is 16.1 Å². The van der Waals surface area contributed by atoms with Gasteiger partial charge in [0.05, 0.1) is 29.9 Å². The Kier molecular flexibility index (Phi) is 5.71. The first-order valence-corrected chi connectivity index (χ1v) is 9.85. The lowest BCUT2D eigenvalue weighted by molar-refractivity contribution is -0.384. The van der Waals surface area contributed by atoms with E-state index in [9.17, 15) is 19.7 Å². The van der Waals surface area contributed by atoms with Crippen LogP contribution in [0.1, 0.15) is 18.2 Å². The molecule has 0 saturated heterocycles. The highest BCUT2D eigenvalue weighted by Crippen LogP contribution is 2.32. The number of hydrogen-bond acceptors (Lipinski definition) is 7. The summed E-state index contributed by atoms with van der Waals surface area (Å²) in [6.07, 6.45) is 1.46. The van der Waals surface area contributed by atoms with Crippen molar-refractivity contribution in [2.45, 2.75) is 13.5 Å². The molecule has 162 valence electrons. The topological polar surface area (TPSA) is 115 Å². The van der Waals surface area contributed by atoms with Crippen molar-refractivity contribution in [3.8, 4) is 5.75 Å². The summed E-state index contributed by atoms with van der Waals surface area (Å²) in [6.45, 7) is 2.37. The van der Waals surface area contributed by atoms with Gasteiger partial charge >= 0.3 is 0 Å². The highest BCUT2D eigenvalue weighted by atomic mass is 16.6. The van der Waals surface area contributed by atoms with Gasteiger partial charge in [-0.05, 0) is 61.0 Å². The maximum absolute atomic E-state index is 13.2. The monoisotopic (exact) mass is 433 g/mol. The minimum Gasteiger partial charge on any atom is -0.494 e. The summed E-state index contributed by atoms with van der Waals surface area (Å²) in [5.41, 5.74) is 1.08. The second kappa shape index (κ2) is 8.76. The molecule has 0 spiro atoms. The molecule has 0 unspecified atom stereocenters. The third-order valence-corrected chi connectivity index (χ3v) is 4.86. The third-order valence-electron chi connectivity index (χ3n) is 4.86. The van der Waals surface area contributed by atoms with Crippen LogP contribution in [0.5, 0.6) is 5.75 Å². The summed E-state index contributed by atoms with van der Waals surface area (Å²) in [5, 5.41) is 14.0. The fourth-order valence-corrected chi connectivity index (χ4v) is 3.36. The number of carbonyl (C=O) groups is 2. The highest BCUT2D eigenvalue weighted by molar-refractivity contribution is 6.36. The van der Waals surface area contributed by atoms with Gasteiger partial charge in [-0.1, -0.05) is 0 Å². The Morgan fingerprint density at radius 2 is 1.75 bits per heavy atom. The van der Waals surface area contributed by atoms with Crippen LogP contribution in [0, 0.1) is 10.1 Å². The molecule has 2 heterocycles. The van der Waals surface area contributed by atoms with Crippen LogP contribution in [0.15, 0.2) is 77.0 Å². The Labute approximate surface area is 183 Å². The van der Waals surface area contributed by atoms with Gasteiger partial charge in [-0.15, -0.1) is 0 Å². The Hall–Kier alpha value is -4.40. The van der Waals surface area contributed by atoms with Crippen LogP contribution >= 0.6 is 0 Å². The second-order valence-corrected chi connectivity index (χ2v) is 6.91. The van der Waals surface area contributed by atoms with Crippen molar-refractivity contribution < 1.29 is 23.7 Å². The normalized spacial score (nSPS) is 13.6. The van der Waals surface area contributed by atoms with Crippen LogP contribution in [-0.4, -0.2) is 28.2 Å². The number of nitro benzene ring substituents is 1. The van der Waals surface area contributed by atoms with E-state index < -0.39 is 16.7 Å². The fraction of sp³-hybridized carbons (Fsp3) is 0.130. The summed E-state index contributed by atoms with van der Waals surface area (Å²) in [6, 6.07) is 15.8. The summed E-state index contributed by atoms with van der Waals surface area (Å²) in [7, 11) is 0. The SMILES string of the molecule is CCOc1ccc(NC2=C(c3ccc([N+](=O)[O-])cc3)C(=O)N(Cc3ccco3)C2=O)cc1. The second-order valence-electron chi connectivity index (χ2n) is 6.91. The zero-order valence-corrected chi connectivity index (χ0v) is 17.1. The largest absolute Gasteiger partial charge is 0.494 e. The van der Waals surface area contributed by atoms with Crippen molar-refractivity contribution in [3.63, 3.8) is 0 Å². The van der Waals surface area contributed by atoms with Crippen molar-refractivity contribution >= 4 is 28.8 Å². The molecule has 2 aromatic carbocycles. The summed E-state index contributed by atoms with van der Waals surface area (Å²) in [5.74, 6) is 0.0929. The van der Waals surface area contributed by atoms with Gasteiger partial charge in [0.25, 0.3) is 17.5 Å². The van der Waals surface area contributed by atoms with Gasteiger partial charge in [0.15, 0.2) is 0 Å². The van der Waals surface area contributed by atoms with Gasteiger partial charge in [-0.2, -0.15) is 0 Å². The summed E-state index contributed by atoms with van der Waals surface area (Å²) < 4.78 is 10.7. The number of ether oxygens (including phenoxy) is 1. The Bertz CT molecular complexity index is 1180. The van der Waals surface area contributed by atoms with Gasteiger partial charge in [0, 0.05) is 17.8 Å². The van der Waals surface area contributed by atoms with Gasteiger partial charge in [0.1, 0.15) is 17.2 Å². The molecule has 0 saturated carbocycles. The average molecular weight is 433 g/mol. The van der Waals surface area contributed by atoms with Crippen LogP contribution < -0.4 is 10.1 Å². The number of non-ortho nitro benzene ring substituents is 1. The van der Waals surface area contributed by atoms with Crippen LogP contribution in [0.4, 0.5) is 11.4 Å². The van der Waals surface area contributed by atoms with Crippen molar-refractivity contribution in [2.75, 3.05) is 11.9 Å². The van der Waals surface area contributed by atoms with E-state index in [-0.39, 0.29) is 23.5 Å². The van der Waals surface area contributed by atoms with E-state index in [2.05, 4.69) is 5.32 Å². The minimum atomic E-state index is -0.526. The number of furan rings is 1. The molecule has 32 heavy (non-hydrogen) atoms. The third kappa shape index (κ3) is 4.08. The molecule has 1 aliphatic rings. The zero-order valence-electron chi connectivity index (χ0n) is 17.1. The van der Waals surface area contributed by atoms with Crippen LogP contribution in [0.2, 0.25) is 0 Å². The predicted octanol–water partition coefficient (Wildman–Crippen LogP) is 3.98. The van der Waals surface area contributed by atoms with E-state index >= 15 is 0 Å². The number of anilines is 1. The van der Waals surface area contributed by atoms with Crippen LogP contribution in [0.3, 0.4) is 0 Å². The van der Waals surface area contributed by atoms with E-state index in [1.807, 2.05) is 6.92 Å². The molecule has 9 nitrogen and oxygen atoms in total. The Morgan fingerprint density at radius 3 is 2.34 bits per heavy atom. The van der Waals surface area contributed by atoms with Gasteiger partial charge in [-0.3, -0.25) is 24.6 Å². The smallest absolute Gasteiger partial charge is 0.278 e. The standard InChI is InChI=1S/C23H19N3O6/c1-2-31-18-11-7-16(8-12-18)24-21-20(15-5-9-17(10-6-15)26(29)30)22(27)25(23(21)28)14-19-4-3-13-32-19/h3-13,24H,2,14H2,1H3. The Balaban J connectivity index is 1.71. The maximum atomic E-state index is 13.2. The fourth-order valence-electron chi connectivity index (χ4n) is 3.36. The quantitative estimate of drug-likeness (QED) is 0.325.